The Morgan fingerprint density at radius 2 is 1.90 bits per heavy atom. The molecule has 0 aliphatic heterocycles. The maximum Gasteiger partial charge on any atom is 0.233 e. The van der Waals surface area contributed by atoms with Crippen LogP contribution in [0.2, 0.25) is 0 Å². The molecular weight excluding hydrogens is 346 g/mol. The molecule has 0 bridgehead atoms. The summed E-state index contributed by atoms with van der Waals surface area (Å²) in [5.74, 6) is 0.923. The molecule has 114 valence electrons. The summed E-state index contributed by atoms with van der Waals surface area (Å²) in [4.78, 5) is 16.1. The fraction of sp³-hybridized carbons (Fsp3) is 0.588. The number of carbonyl (C=O) groups excluding carboxylic acids is 1. The fourth-order valence-corrected chi connectivity index (χ4v) is 4.58. The van der Waals surface area contributed by atoms with E-state index in [0.717, 1.165) is 4.47 Å². The summed E-state index contributed by atoms with van der Waals surface area (Å²) in [5.41, 5.74) is 1.24. The number of thioether (sulfide) groups is 1. The van der Waals surface area contributed by atoms with E-state index >= 15 is 0 Å². The number of halogens is 1. The molecule has 0 heterocycles. The van der Waals surface area contributed by atoms with Crippen LogP contribution in [-0.4, -0.2) is 28.6 Å². The lowest BCUT2D eigenvalue weighted by Crippen LogP contribution is -2.41. The normalized spacial score (nSPS) is 19.0. The van der Waals surface area contributed by atoms with Crippen LogP contribution in [0.3, 0.4) is 0 Å². The maximum atomic E-state index is 12.7. The third-order valence-corrected chi connectivity index (χ3v) is 6.09. The van der Waals surface area contributed by atoms with E-state index in [1.807, 2.05) is 0 Å². The summed E-state index contributed by atoms with van der Waals surface area (Å²) < 4.78 is 1.10. The van der Waals surface area contributed by atoms with Crippen molar-refractivity contribution in [2.24, 2.45) is 0 Å². The van der Waals surface area contributed by atoms with Gasteiger partial charge in [-0.3, -0.25) is 4.79 Å². The van der Waals surface area contributed by atoms with Gasteiger partial charge in [-0.25, -0.2) is 0 Å². The molecule has 0 radical (unpaired) electrons. The van der Waals surface area contributed by atoms with Crippen molar-refractivity contribution in [2.45, 2.75) is 62.4 Å². The number of aryl methyl sites for hydroxylation is 1. The van der Waals surface area contributed by atoms with Crippen molar-refractivity contribution in [3.05, 3.63) is 28.2 Å². The van der Waals surface area contributed by atoms with Gasteiger partial charge >= 0.3 is 0 Å². The standard InChI is InChI=1S/C17H22BrNOS/c1-12-10-13(18)6-9-16(12)21-11-17(20)19(15-7-8-15)14-4-2-3-5-14/h6,9-10,14-15H,2-5,7-8,11H2,1H3. The zero-order valence-corrected chi connectivity index (χ0v) is 14.9. The maximum absolute atomic E-state index is 12.7. The third-order valence-electron chi connectivity index (χ3n) is 4.43. The summed E-state index contributed by atoms with van der Waals surface area (Å²) in [6.45, 7) is 2.10. The summed E-state index contributed by atoms with van der Waals surface area (Å²) in [6, 6.07) is 7.34. The Bertz CT molecular complexity index is 524. The van der Waals surface area contributed by atoms with Gasteiger partial charge < -0.3 is 4.90 Å². The van der Waals surface area contributed by atoms with Gasteiger partial charge in [0.15, 0.2) is 0 Å². The number of rotatable bonds is 5. The van der Waals surface area contributed by atoms with E-state index < -0.39 is 0 Å². The minimum absolute atomic E-state index is 0.344. The number of hydrogen-bond donors (Lipinski definition) is 0. The highest BCUT2D eigenvalue weighted by Crippen LogP contribution is 2.35. The van der Waals surface area contributed by atoms with Crippen molar-refractivity contribution >= 4 is 33.6 Å². The van der Waals surface area contributed by atoms with Crippen molar-refractivity contribution in [3.63, 3.8) is 0 Å². The molecule has 1 aromatic carbocycles. The van der Waals surface area contributed by atoms with Gasteiger partial charge in [-0.05, 0) is 56.4 Å². The lowest BCUT2D eigenvalue weighted by atomic mass is 10.2. The molecule has 4 heteroatoms. The summed E-state index contributed by atoms with van der Waals surface area (Å²) in [5, 5.41) is 0. The quantitative estimate of drug-likeness (QED) is 0.697. The van der Waals surface area contributed by atoms with Crippen molar-refractivity contribution < 1.29 is 4.79 Å². The summed E-state index contributed by atoms with van der Waals surface area (Å²) >= 11 is 5.17. The second kappa shape index (κ2) is 6.74. The molecule has 0 atom stereocenters. The SMILES string of the molecule is Cc1cc(Br)ccc1SCC(=O)N(C1CCCC1)C1CC1. The molecule has 0 aromatic heterocycles. The molecule has 0 spiro atoms. The third kappa shape index (κ3) is 3.84. The number of hydrogen-bond acceptors (Lipinski definition) is 2. The highest BCUT2D eigenvalue weighted by molar-refractivity contribution is 9.10. The molecule has 2 saturated carbocycles. The molecule has 2 fully saturated rings. The molecule has 2 aliphatic carbocycles. The van der Waals surface area contributed by atoms with Crippen LogP contribution in [0.15, 0.2) is 27.6 Å². The van der Waals surface area contributed by atoms with Crippen LogP contribution in [0.1, 0.15) is 44.1 Å². The first kappa shape index (κ1) is 15.4. The molecule has 2 nitrogen and oxygen atoms in total. The van der Waals surface area contributed by atoms with E-state index in [-0.39, 0.29) is 0 Å². The Hall–Kier alpha value is -0.480. The van der Waals surface area contributed by atoms with Gasteiger partial charge in [0, 0.05) is 21.5 Å². The minimum Gasteiger partial charge on any atom is -0.336 e. The van der Waals surface area contributed by atoms with Gasteiger partial charge in [0.25, 0.3) is 0 Å². The number of carbonyl (C=O) groups is 1. The Balaban J connectivity index is 1.61. The van der Waals surface area contributed by atoms with Crippen LogP contribution in [-0.2, 0) is 4.79 Å². The van der Waals surface area contributed by atoms with Gasteiger partial charge in [0.2, 0.25) is 5.91 Å². The highest BCUT2D eigenvalue weighted by atomic mass is 79.9. The van der Waals surface area contributed by atoms with Gasteiger partial charge in [-0.15, -0.1) is 11.8 Å². The van der Waals surface area contributed by atoms with Crippen LogP contribution in [0.5, 0.6) is 0 Å². The summed E-state index contributed by atoms with van der Waals surface area (Å²) in [7, 11) is 0. The van der Waals surface area contributed by atoms with E-state index in [1.165, 1.54) is 49.0 Å². The number of nitrogens with zero attached hydrogens (tertiary/aromatic N) is 1. The van der Waals surface area contributed by atoms with E-state index in [0.29, 0.717) is 23.7 Å². The van der Waals surface area contributed by atoms with Crippen molar-refractivity contribution in [1.29, 1.82) is 0 Å². The monoisotopic (exact) mass is 367 g/mol. The number of amides is 1. The zero-order valence-electron chi connectivity index (χ0n) is 12.5. The Morgan fingerprint density at radius 1 is 1.24 bits per heavy atom. The average molecular weight is 368 g/mol. The molecule has 1 amide bonds. The topological polar surface area (TPSA) is 20.3 Å². The molecular formula is C17H22BrNOS. The zero-order chi connectivity index (χ0) is 14.8. The second-order valence-corrected chi connectivity index (χ2v) is 8.10. The highest BCUT2D eigenvalue weighted by Gasteiger charge is 2.37. The lowest BCUT2D eigenvalue weighted by Gasteiger charge is -2.29. The van der Waals surface area contributed by atoms with Crippen molar-refractivity contribution in [1.82, 2.24) is 4.90 Å². The van der Waals surface area contributed by atoms with Crippen LogP contribution in [0, 0.1) is 6.92 Å². The van der Waals surface area contributed by atoms with Crippen LogP contribution < -0.4 is 0 Å². The van der Waals surface area contributed by atoms with Gasteiger partial charge in [-0.1, -0.05) is 28.8 Å². The van der Waals surface area contributed by atoms with Gasteiger partial charge in [0.1, 0.15) is 0 Å². The number of benzene rings is 1. The second-order valence-electron chi connectivity index (χ2n) is 6.17. The first-order valence-corrected chi connectivity index (χ1v) is 9.63. The largest absolute Gasteiger partial charge is 0.336 e. The molecule has 21 heavy (non-hydrogen) atoms. The van der Waals surface area contributed by atoms with E-state index in [4.69, 9.17) is 0 Å². The van der Waals surface area contributed by atoms with E-state index in [1.54, 1.807) is 11.8 Å². The molecule has 1 aromatic rings. The minimum atomic E-state index is 0.344. The molecule has 0 saturated heterocycles. The van der Waals surface area contributed by atoms with Crippen LogP contribution in [0.4, 0.5) is 0 Å². The predicted octanol–water partition coefficient (Wildman–Crippen LogP) is 4.78. The molecule has 0 N–H and O–H groups in total. The van der Waals surface area contributed by atoms with Gasteiger partial charge in [-0.2, -0.15) is 0 Å². The Labute approximate surface area is 139 Å². The average Bonchev–Trinajstić information content (AvgIpc) is 3.12. The predicted molar refractivity (Wildman–Crippen MR) is 91.7 cm³/mol. The molecule has 0 unspecified atom stereocenters. The van der Waals surface area contributed by atoms with Crippen molar-refractivity contribution in [3.8, 4) is 0 Å². The lowest BCUT2D eigenvalue weighted by molar-refractivity contribution is -0.131. The van der Waals surface area contributed by atoms with Crippen LogP contribution in [0.25, 0.3) is 0 Å². The smallest absolute Gasteiger partial charge is 0.233 e. The first-order valence-electron chi connectivity index (χ1n) is 7.85. The Morgan fingerprint density at radius 3 is 2.52 bits per heavy atom. The van der Waals surface area contributed by atoms with E-state index in [9.17, 15) is 4.79 Å². The first-order chi connectivity index (χ1) is 10.1. The van der Waals surface area contributed by atoms with Crippen molar-refractivity contribution in [2.75, 3.05) is 5.75 Å². The fourth-order valence-electron chi connectivity index (χ4n) is 3.23. The molecule has 2 aliphatic rings. The Kier molecular flexibility index (Phi) is 4.95. The molecule has 3 rings (SSSR count). The van der Waals surface area contributed by atoms with Crippen LogP contribution >= 0.6 is 27.7 Å². The summed E-state index contributed by atoms with van der Waals surface area (Å²) in [6.07, 6.45) is 7.43. The van der Waals surface area contributed by atoms with Gasteiger partial charge in [0.05, 0.1) is 5.75 Å². The van der Waals surface area contributed by atoms with E-state index in [2.05, 4.69) is 46.0 Å².